The van der Waals surface area contributed by atoms with Crippen molar-refractivity contribution in [2.24, 2.45) is 0 Å². The first kappa shape index (κ1) is 7.95. The van der Waals surface area contributed by atoms with Crippen molar-refractivity contribution in [3.05, 3.63) is 35.6 Å². The van der Waals surface area contributed by atoms with Crippen molar-refractivity contribution < 1.29 is 4.39 Å². The second kappa shape index (κ2) is 3.88. The van der Waals surface area contributed by atoms with E-state index in [-0.39, 0.29) is 5.82 Å². The molecule has 0 radical (unpaired) electrons. The Morgan fingerprint density at radius 2 is 2.30 bits per heavy atom. The second-order valence-electron chi connectivity index (χ2n) is 1.90. The highest BCUT2D eigenvalue weighted by Gasteiger charge is 1.92. The summed E-state index contributed by atoms with van der Waals surface area (Å²) in [6, 6.07) is 6.54. The Balaban J connectivity index is 2.75. The van der Waals surface area contributed by atoms with Crippen LogP contribution in [0.1, 0.15) is 5.56 Å². The summed E-state index contributed by atoms with van der Waals surface area (Å²) in [7, 11) is 1.39. The summed E-state index contributed by atoms with van der Waals surface area (Å²) >= 11 is 3.96. The summed E-state index contributed by atoms with van der Waals surface area (Å²) in [6.07, 6.45) is 0. The number of halogens is 1. The normalized spacial score (nSPS) is 9.80. The summed E-state index contributed by atoms with van der Waals surface area (Å²) < 4.78 is 12.5. The minimum atomic E-state index is -0.181. The number of hydrogen-bond acceptors (Lipinski definition) is 2. The topological polar surface area (TPSA) is 0 Å². The van der Waals surface area contributed by atoms with Gasteiger partial charge in [0.25, 0.3) is 0 Å². The zero-order chi connectivity index (χ0) is 7.40. The maximum absolute atomic E-state index is 12.5. The molecule has 10 heavy (non-hydrogen) atoms. The molecule has 0 aliphatic rings. The van der Waals surface area contributed by atoms with Gasteiger partial charge in [-0.15, -0.1) is 11.7 Å². The fourth-order valence-electron chi connectivity index (χ4n) is 0.701. The average Bonchev–Trinajstić information content (AvgIpc) is 1.88. The van der Waals surface area contributed by atoms with E-state index in [4.69, 9.17) is 0 Å². The third-order valence-corrected chi connectivity index (χ3v) is 1.97. The standard InChI is InChI=1S/C7H7FS2/c8-7-3-1-2-6(4-7)5-10-9/h1-4,9H,5H2. The fraction of sp³-hybridized carbons (Fsp3) is 0.143. The maximum atomic E-state index is 12.5. The van der Waals surface area contributed by atoms with Crippen molar-refractivity contribution in [3.8, 4) is 0 Å². The lowest BCUT2D eigenvalue weighted by Gasteiger charge is -1.95. The van der Waals surface area contributed by atoms with Crippen molar-refractivity contribution in [1.29, 1.82) is 0 Å². The Bertz CT molecular complexity index is 213. The van der Waals surface area contributed by atoms with Crippen LogP contribution in [0.4, 0.5) is 4.39 Å². The van der Waals surface area contributed by atoms with E-state index in [1.54, 1.807) is 6.07 Å². The summed E-state index contributed by atoms with van der Waals surface area (Å²) in [6.45, 7) is 0. The lowest BCUT2D eigenvalue weighted by molar-refractivity contribution is 0.626. The van der Waals surface area contributed by atoms with Gasteiger partial charge in [0.15, 0.2) is 0 Å². The van der Waals surface area contributed by atoms with Gasteiger partial charge in [-0.1, -0.05) is 22.9 Å². The molecule has 0 amide bonds. The van der Waals surface area contributed by atoms with Crippen LogP contribution in [0, 0.1) is 5.82 Å². The summed E-state index contributed by atoms with van der Waals surface area (Å²) in [4.78, 5) is 0. The molecule has 54 valence electrons. The zero-order valence-corrected chi connectivity index (χ0v) is 6.96. The van der Waals surface area contributed by atoms with Crippen LogP contribution in [0.2, 0.25) is 0 Å². The molecule has 0 unspecified atom stereocenters. The first-order chi connectivity index (χ1) is 4.83. The van der Waals surface area contributed by atoms with Gasteiger partial charge >= 0.3 is 0 Å². The van der Waals surface area contributed by atoms with E-state index in [9.17, 15) is 4.39 Å². The number of rotatable bonds is 2. The Morgan fingerprint density at radius 3 is 2.90 bits per heavy atom. The molecule has 0 atom stereocenters. The first-order valence-electron chi connectivity index (χ1n) is 2.84. The Kier molecular flexibility index (Phi) is 3.09. The maximum Gasteiger partial charge on any atom is 0.123 e. The number of benzene rings is 1. The van der Waals surface area contributed by atoms with Crippen molar-refractivity contribution >= 4 is 22.5 Å². The third kappa shape index (κ3) is 2.23. The quantitative estimate of drug-likeness (QED) is 0.531. The summed E-state index contributed by atoms with van der Waals surface area (Å²) in [5, 5.41) is 0. The van der Waals surface area contributed by atoms with Gasteiger partial charge in [-0.2, -0.15) is 0 Å². The minimum Gasteiger partial charge on any atom is -0.207 e. The molecule has 0 aliphatic carbocycles. The fourth-order valence-corrected chi connectivity index (χ4v) is 1.48. The van der Waals surface area contributed by atoms with Gasteiger partial charge in [-0.05, 0) is 17.7 Å². The van der Waals surface area contributed by atoms with Crippen LogP contribution in [0.25, 0.3) is 0 Å². The lowest BCUT2D eigenvalue weighted by atomic mass is 10.2. The molecule has 1 rings (SSSR count). The molecular formula is C7H7FS2. The van der Waals surface area contributed by atoms with Crippen molar-refractivity contribution in [2.75, 3.05) is 0 Å². The van der Waals surface area contributed by atoms with Gasteiger partial charge in [0, 0.05) is 5.75 Å². The van der Waals surface area contributed by atoms with E-state index >= 15 is 0 Å². The predicted octanol–water partition coefficient (Wildman–Crippen LogP) is 2.90. The monoisotopic (exact) mass is 174 g/mol. The molecular weight excluding hydrogens is 167 g/mol. The predicted molar refractivity (Wildman–Crippen MR) is 46.7 cm³/mol. The van der Waals surface area contributed by atoms with Crippen LogP contribution in [0.15, 0.2) is 24.3 Å². The van der Waals surface area contributed by atoms with E-state index in [2.05, 4.69) is 11.7 Å². The lowest BCUT2D eigenvalue weighted by Crippen LogP contribution is -1.79. The largest absolute Gasteiger partial charge is 0.207 e. The minimum absolute atomic E-state index is 0.181. The molecule has 0 saturated heterocycles. The van der Waals surface area contributed by atoms with Gasteiger partial charge in [0.05, 0.1) is 0 Å². The van der Waals surface area contributed by atoms with Crippen LogP contribution in [0.5, 0.6) is 0 Å². The van der Waals surface area contributed by atoms with Gasteiger partial charge in [-0.25, -0.2) is 4.39 Å². The van der Waals surface area contributed by atoms with Crippen LogP contribution >= 0.6 is 22.5 Å². The molecule has 0 spiro atoms. The van der Waals surface area contributed by atoms with Gasteiger partial charge in [0.1, 0.15) is 5.82 Å². The average molecular weight is 174 g/mol. The SMILES string of the molecule is Fc1cccc(CSS)c1. The molecule has 3 heteroatoms. The molecule has 0 aromatic heterocycles. The molecule has 0 heterocycles. The molecule has 0 aliphatic heterocycles. The van der Waals surface area contributed by atoms with E-state index < -0.39 is 0 Å². The molecule has 0 saturated carbocycles. The Labute approximate surface area is 68.6 Å². The van der Waals surface area contributed by atoms with E-state index in [0.29, 0.717) is 0 Å². The molecule has 0 fully saturated rings. The van der Waals surface area contributed by atoms with Gasteiger partial charge in [-0.3, -0.25) is 0 Å². The van der Waals surface area contributed by atoms with Gasteiger partial charge in [0.2, 0.25) is 0 Å². The van der Waals surface area contributed by atoms with Gasteiger partial charge < -0.3 is 0 Å². The summed E-state index contributed by atoms with van der Waals surface area (Å²) in [5.41, 5.74) is 0.972. The van der Waals surface area contributed by atoms with E-state index in [1.807, 2.05) is 6.07 Å². The molecule has 1 aromatic rings. The first-order valence-corrected chi connectivity index (χ1v) is 4.87. The van der Waals surface area contributed by atoms with Crippen LogP contribution in [-0.2, 0) is 5.75 Å². The molecule has 0 N–H and O–H groups in total. The Morgan fingerprint density at radius 1 is 1.50 bits per heavy atom. The third-order valence-electron chi connectivity index (χ3n) is 1.12. The highest BCUT2D eigenvalue weighted by atomic mass is 33.1. The van der Waals surface area contributed by atoms with Crippen molar-refractivity contribution in [2.45, 2.75) is 5.75 Å². The highest BCUT2D eigenvalue weighted by molar-refractivity contribution is 8.68. The second-order valence-corrected chi connectivity index (χ2v) is 3.22. The van der Waals surface area contributed by atoms with E-state index in [1.165, 1.54) is 22.9 Å². The number of hydrogen-bond donors (Lipinski definition) is 1. The molecule has 0 bridgehead atoms. The van der Waals surface area contributed by atoms with Crippen LogP contribution in [-0.4, -0.2) is 0 Å². The molecule has 0 nitrogen and oxygen atoms in total. The smallest absolute Gasteiger partial charge is 0.123 e. The van der Waals surface area contributed by atoms with Crippen LogP contribution < -0.4 is 0 Å². The van der Waals surface area contributed by atoms with Crippen molar-refractivity contribution in [1.82, 2.24) is 0 Å². The van der Waals surface area contributed by atoms with Crippen molar-refractivity contribution in [3.63, 3.8) is 0 Å². The number of thiol groups is 1. The summed E-state index contributed by atoms with van der Waals surface area (Å²) in [5.74, 6) is 0.570. The van der Waals surface area contributed by atoms with E-state index in [0.717, 1.165) is 11.3 Å². The Hall–Kier alpha value is -0.150. The zero-order valence-electron chi connectivity index (χ0n) is 5.25. The highest BCUT2D eigenvalue weighted by Crippen LogP contribution is 2.15. The van der Waals surface area contributed by atoms with Crippen LogP contribution in [0.3, 0.4) is 0 Å². The molecule has 1 aromatic carbocycles.